The molecule has 2 aromatic rings. The summed E-state index contributed by atoms with van der Waals surface area (Å²) >= 11 is 0. The summed E-state index contributed by atoms with van der Waals surface area (Å²) in [6.07, 6.45) is 6.06. The Morgan fingerprint density at radius 2 is 1.64 bits per heavy atom. The zero-order chi connectivity index (χ0) is 14.9. The van der Waals surface area contributed by atoms with Crippen molar-refractivity contribution in [3.8, 4) is 0 Å². The first-order valence-corrected chi connectivity index (χ1v) is 8.27. The van der Waals surface area contributed by atoms with Crippen LogP contribution in [0, 0.1) is 0 Å². The summed E-state index contributed by atoms with van der Waals surface area (Å²) in [4.78, 5) is 13.3. The lowest BCUT2D eigenvalue weighted by atomic mass is 9.95. The van der Waals surface area contributed by atoms with Gasteiger partial charge < -0.3 is 4.90 Å². The van der Waals surface area contributed by atoms with Crippen molar-refractivity contribution in [3.05, 3.63) is 65.2 Å². The maximum absolute atomic E-state index is 10.8. The predicted octanol–water partition coefficient (Wildman–Crippen LogP) is 4.72. The summed E-state index contributed by atoms with van der Waals surface area (Å²) in [6.45, 7) is 1.10. The molecule has 2 nitrogen and oxygen atoms in total. The first-order valence-electron chi connectivity index (χ1n) is 8.27. The summed E-state index contributed by atoms with van der Waals surface area (Å²) in [5, 5.41) is 0. The van der Waals surface area contributed by atoms with Gasteiger partial charge in [0.25, 0.3) is 0 Å². The van der Waals surface area contributed by atoms with E-state index < -0.39 is 0 Å². The highest BCUT2D eigenvalue weighted by Gasteiger charge is 2.32. The van der Waals surface area contributed by atoms with Gasteiger partial charge in [0.15, 0.2) is 0 Å². The third-order valence-corrected chi connectivity index (χ3v) is 4.99. The fourth-order valence-corrected chi connectivity index (χ4v) is 3.72. The molecule has 1 aliphatic carbocycles. The smallest absolute Gasteiger partial charge is 0.150 e. The first-order chi connectivity index (χ1) is 10.9. The van der Waals surface area contributed by atoms with Gasteiger partial charge in [-0.05, 0) is 67.0 Å². The van der Waals surface area contributed by atoms with Crippen molar-refractivity contribution in [2.75, 3.05) is 11.4 Å². The molecule has 2 fully saturated rings. The maximum Gasteiger partial charge on any atom is 0.150 e. The van der Waals surface area contributed by atoms with E-state index in [0.717, 1.165) is 24.3 Å². The standard InChI is InChI=1S/C20H21NO/c22-14-15-7-11-17(12-8-15)21-13-3-6-20(21)19-5-2-1-4-18(19)16-9-10-16/h1-2,4-5,7-8,11-12,14,16,20H,3,6,9-10,13H2. The van der Waals surface area contributed by atoms with Gasteiger partial charge in [-0.3, -0.25) is 4.79 Å². The molecule has 2 heteroatoms. The predicted molar refractivity (Wildman–Crippen MR) is 89.6 cm³/mol. The number of hydrogen-bond donors (Lipinski definition) is 0. The molecule has 1 atom stereocenters. The Morgan fingerprint density at radius 1 is 0.909 bits per heavy atom. The zero-order valence-electron chi connectivity index (χ0n) is 12.7. The SMILES string of the molecule is O=Cc1ccc(N2CCCC2c2ccccc2C2CC2)cc1. The minimum Gasteiger partial charge on any atom is -0.364 e. The second kappa shape index (κ2) is 5.60. The Hall–Kier alpha value is -2.09. The van der Waals surface area contributed by atoms with Crippen LogP contribution in [0.1, 0.15) is 59.1 Å². The van der Waals surface area contributed by atoms with Gasteiger partial charge in [-0.15, -0.1) is 0 Å². The van der Waals surface area contributed by atoms with Gasteiger partial charge in [0.1, 0.15) is 6.29 Å². The fourth-order valence-electron chi connectivity index (χ4n) is 3.72. The number of carbonyl (C=O) groups is 1. The highest BCUT2D eigenvalue weighted by Crippen LogP contribution is 2.46. The highest BCUT2D eigenvalue weighted by molar-refractivity contribution is 5.75. The second-order valence-electron chi connectivity index (χ2n) is 6.46. The molecule has 22 heavy (non-hydrogen) atoms. The van der Waals surface area contributed by atoms with E-state index in [1.165, 1.54) is 36.9 Å². The molecule has 2 aromatic carbocycles. The molecule has 0 amide bonds. The van der Waals surface area contributed by atoms with Crippen LogP contribution in [0.4, 0.5) is 5.69 Å². The third-order valence-electron chi connectivity index (χ3n) is 4.99. The monoisotopic (exact) mass is 291 g/mol. The number of aldehydes is 1. The molecule has 1 unspecified atom stereocenters. The Balaban J connectivity index is 1.67. The number of hydrogen-bond acceptors (Lipinski definition) is 2. The van der Waals surface area contributed by atoms with Gasteiger partial charge in [-0.1, -0.05) is 24.3 Å². The summed E-state index contributed by atoms with van der Waals surface area (Å²) in [7, 11) is 0. The van der Waals surface area contributed by atoms with Crippen molar-refractivity contribution in [2.24, 2.45) is 0 Å². The van der Waals surface area contributed by atoms with Gasteiger partial charge in [0.2, 0.25) is 0 Å². The molecular formula is C20H21NO. The van der Waals surface area contributed by atoms with E-state index in [0.29, 0.717) is 6.04 Å². The first kappa shape index (κ1) is 13.6. The van der Waals surface area contributed by atoms with Crippen LogP contribution < -0.4 is 4.90 Å². The fraction of sp³-hybridized carbons (Fsp3) is 0.350. The van der Waals surface area contributed by atoms with Crippen LogP contribution in [-0.4, -0.2) is 12.8 Å². The number of benzene rings is 2. The molecule has 0 radical (unpaired) electrons. The summed E-state index contributed by atoms with van der Waals surface area (Å²) in [6, 6.07) is 17.5. The van der Waals surface area contributed by atoms with Crippen LogP contribution in [0.2, 0.25) is 0 Å². The molecule has 112 valence electrons. The molecule has 0 spiro atoms. The number of nitrogens with zero attached hydrogens (tertiary/aromatic N) is 1. The van der Waals surface area contributed by atoms with Crippen molar-refractivity contribution in [1.82, 2.24) is 0 Å². The lowest BCUT2D eigenvalue weighted by Crippen LogP contribution is -2.23. The molecular weight excluding hydrogens is 270 g/mol. The number of anilines is 1. The molecule has 1 saturated carbocycles. The lowest BCUT2D eigenvalue weighted by Gasteiger charge is -2.29. The number of rotatable bonds is 4. The van der Waals surface area contributed by atoms with Crippen LogP contribution in [0.15, 0.2) is 48.5 Å². The number of carbonyl (C=O) groups excluding carboxylic acids is 1. The molecule has 1 saturated heterocycles. The summed E-state index contributed by atoms with van der Waals surface area (Å²) in [5.74, 6) is 0.788. The van der Waals surface area contributed by atoms with Crippen LogP contribution in [0.25, 0.3) is 0 Å². The summed E-state index contributed by atoms with van der Waals surface area (Å²) < 4.78 is 0. The van der Waals surface area contributed by atoms with Crippen LogP contribution >= 0.6 is 0 Å². The largest absolute Gasteiger partial charge is 0.364 e. The van der Waals surface area contributed by atoms with Gasteiger partial charge >= 0.3 is 0 Å². The topological polar surface area (TPSA) is 20.3 Å². The van der Waals surface area contributed by atoms with E-state index in [2.05, 4.69) is 41.3 Å². The Labute approximate surface area is 131 Å². The Kier molecular flexibility index (Phi) is 3.45. The molecule has 4 rings (SSSR count). The van der Waals surface area contributed by atoms with Crippen LogP contribution in [0.5, 0.6) is 0 Å². The van der Waals surface area contributed by atoms with E-state index in [-0.39, 0.29) is 0 Å². The quantitative estimate of drug-likeness (QED) is 0.760. The summed E-state index contributed by atoms with van der Waals surface area (Å²) in [5.41, 5.74) is 5.06. The Morgan fingerprint density at radius 3 is 2.32 bits per heavy atom. The zero-order valence-corrected chi connectivity index (χ0v) is 12.7. The highest BCUT2D eigenvalue weighted by atomic mass is 16.1. The Bertz CT molecular complexity index is 672. The average Bonchev–Trinajstić information content (AvgIpc) is 3.32. The van der Waals surface area contributed by atoms with Crippen molar-refractivity contribution < 1.29 is 4.79 Å². The third kappa shape index (κ3) is 2.43. The molecule has 0 bridgehead atoms. The van der Waals surface area contributed by atoms with Gasteiger partial charge in [-0.25, -0.2) is 0 Å². The van der Waals surface area contributed by atoms with Crippen LogP contribution in [-0.2, 0) is 0 Å². The van der Waals surface area contributed by atoms with Crippen molar-refractivity contribution in [3.63, 3.8) is 0 Å². The van der Waals surface area contributed by atoms with E-state index in [1.807, 2.05) is 12.1 Å². The molecule has 1 aliphatic heterocycles. The van der Waals surface area contributed by atoms with Crippen LogP contribution in [0.3, 0.4) is 0 Å². The van der Waals surface area contributed by atoms with Gasteiger partial charge in [0.05, 0.1) is 6.04 Å². The minimum absolute atomic E-state index is 0.485. The van der Waals surface area contributed by atoms with E-state index >= 15 is 0 Å². The lowest BCUT2D eigenvalue weighted by molar-refractivity contribution is 0.112. The van der Waals surface area contributed by atoms with E-state index in [1.54, 1.807) is 5.56 Å². The normalized spacial score (nSPS) is 21.1. The van der Waals surface area contributed by atoms with Gasteiger partial charge in [-0.2, -0.15) is 0 Å². The molecule has 0 N–H and O–H groups in total. The second-order valence-corrected chi connectivity index (χ2v) is 6.46. The molecule has 2 aliphatic rings. The maximum atomic E-state index is 10.8. The van der Waals surface area contributed by atoms with Crippen molar-refractivity contribution in [1.29, 1.82) is 0 Å². The van der Waals surface area contributed by atoms with Crippen molar-refractivity contribution in [2.45, 2.75) is 37.6 Å². The van der Waals surface area contributed by atoms with Crippen molar-refractivity contribution >= 4 is 12.0 Å². The molecule has 0 aromatic heterocycles. The minimum atomic E-state index is 0.485. The molecule has 1 heterocycles. The van der Waals surface area contributed by atoms with E-state index in [9.17, 15) is 4.79 Å². The van der Waals surface area contributed by atoms with Gasteiger partial charge in [0, 0.05) is 17.8 Å². The van der Waals surface area contributed by atoms with E-state index in [4.69, 9.17) is 0 Å². The average molecular weight is 291 g/mol.